The number of aromatic nitrogens is 2. The number of benzene rings is 2. The van der Waals surface area contributed by atoms with Crippen LogP contribution in [0.2, 0.25) is 0 Å². The van der Waals surface area contributed by atoms with Crippen LogP contribution in [0.5, 0.6) is 17.2 Å². The maximum atomic E-state index is 6.27. The average molecular weight is 381 g/mol. The third-order valence-electron chi connectivity index (χ3n) is 3.97. The summed E-state index contributed by atoms with van der Waals surface area (Å²) in [7, 11) is 3.19. The molecule has 0 saturated carbocycles. The number of nitrogens with two attached hydrogens (primary N) is 1. The molecule has 146 valence electrons. The van der Waals surface area contributed by atoms with E-state index in [0.29, 0.717) is 41.1 Å². The summed E-state index contributed by atoms with van der Waals surface area (Å²) in [5.41, 5.74) is 8.16. The highest BCUT2D eigenvalue weighted by atomic mass is 16.5. The Kier molecular flexibility index (Phi) is 6.01. The van der Waals surface area contributed by atoms with E-state index < -0.39 is 0 Å². The molecule has 0 saturated heterocycles. The largest absolute Gasteiger partial charge is 0.497 e. The fraction of sp³-hybridized carbons (Fsp3) is 0.200. The van der Waals surface area contributed by atoms with Gasteiger partial charge in [0.1, 0.15) is 29.3 Å². The van der Waals surface area contributed by atoms with E-state index in [2.05, 4.69) is 20.6 Å². The van der Waals surface area contributed by atoms with Crippen molar-refractivity contribution in [2.75, 3.05) is 37.2 Å². The quantitative estimate of drug-likeness (QED) is 0.539. The van der Waals surface area contributed by atoms with E-state index in [1.54, 1.807) is 26.4 Å². The lowest BCUT2D eigenvalue weighted by Crippen LogP contribution is -2.06. The SMILES string of the molecule is CCOc1ccc(Nc2ncnc(Nc3cc(OC)ccc3OC)c2N)cc1. The van der Waals surface area contributed by atoms with Crippen molar-refractivity contribution in [2.24, 2.45) is 0 Å². The van der Waals surface area contributed by atoms with Crippen LogP contribution in [0, 0.1) is 0 Å². The Hall–Kier alpha value is -3.68. The van der Waals surface area contributed by atoms with E-state index in [0.717, 1.165) is 11.4 Å². The fourth-order valence-electron chi connectivity index (χ4n) is 2.57. The number of nitrogen functional groups attached to an aromatic ring is 1. The van der Waals surface area contributed by atoms with Gasteiger partial charge in [0.15, 0.2) is 11.6 Å². The molecule has 1 heterocycles. The van der Waals surface area contributed by atoms with Crippen molar-refractivity contribution in [1.82, 2.24) is 9.97 Å². The summed E-state index contributed by atoms with van der Waals surface area (Å²) in [4.78, 5) is 8.48. The van der Waals surface area contributed by atoms with E-state index in [9.17, 15) is 0 Å². The minimum Gasteiger partial charge on any atom is -0.497 e. The molecular weight excluding hydrogens is 358 g/mol. The summed E-state index contributed by atoms with van der Waals surface area (Å²) < 4.78 is 16.1. The van der Waals surface area contributed by atoms with Crippen LogP contribution in [0.25, 0.3) is 0 Å². The zero-order chi connectivity index (χ0) is 19.9. The van der Waals surface area contributed by atoms with Crippen LogP contribution in [0.4, 0.5) is 28.7 Å². The maximum Gasteiger partial charge on any atom is 0.159 e. The van der Waals surface area contributed by atoms with Gasteiger partial charge >= 0.3 is 0 Å². The van der Waals surface area contributed by atoms with E-state index in [4.69, 9.17) is 19.9 Å². The first-order valence-corrected chi connectivity index (χ1v) is 8.74. The van der Waals surface area contributed by atoms with Gasteiger partial charge in [-0.2, -0.15) is 0 Å². The monoisotopic (exact) mass is 381 g/mol. The number of hydrogen-bond acceptors (Lipinski definition) is 8. The molecule has 8 heteroatoms. The zero-order valence-corrected chi connectivity index (χ0v) is 16.0. The predicted octanol–water partition coefficient (Wildman–Crippen LogP) is 3.96. The molecular formula is C20H23N5O3. The molecule has 0 atom stereocenters. The van der Waals surface area contributed by atoms with E-state index in [1.807, 2.05) is 37.3 Å². The smallest absolute Gasteiger partial charge is 0.159 e. The van der Waals surface area contributed by atoms with Crippen LogP contribution in [0.3, 0.4) is 0 Å². The molecule has 0 unspecified atom stereocenters. The number of anilines is 5. The summed E-state index contributed by atoms with van der Waals surface area (Å²) in [5.74, 6) is 3.07. The molecule has 8 nitrogen and oxygen atoms in total. The number of nitrogens with one attached hydrogen (secondary N) is 2. The third kappa shape index (κ3) is 4.35. The summed E-state index contributed by atoms with van der Waals surface area (Å²) >= 11 is 0. The Balaban J connectivity index is 1.83. The Morgan fingerprint density at radius 1 is 0.893 bits per heavy atom. The molecule has 0 radical (unpaired) electrons. The first kappa shape index (κ1) is 19.1. The van der Waals surface area contributed by atoms with Gasteiger partial charge in [-0.05, 0) is 43.3 Å². The average Bonchev–Trinajstić information content (AvgIpc) is 2.72. The second-order valence-electron chi connectivity index (χ2n) is 5.76. The van der Waals surface area contributed by atoms with Gasteiger partial charge in [-0.1, -0.05) is 0 Å². The zero-order valence-electron chi connectivity index (χ0n) is 16.0. The van der Waals surface area contributed by atoms with E-state index in [1.165, 1.54) is 6.33 Å². The molecule has 2 aromatic carbocycles. The summed E-state index contributed by atoms with van der Waals surface area (Å²) in [6.45, 7) is 2.56. The number of methoxy groups -OCH3 is 2. The summed E-state index contributed by atoms with van der Waals surface area (Å²) in [6.07, 6.45) is 1.43. The van der Waals surface area contributed by atoms with E-state index in [-0.39, 0.29) is 0 Å². The van der Waals surface area contributed by atoms with Crippen molar-refractivity contribution < 1.29 is 14.2 Å². The van der Waals surface area contributed by atoms with Gasteiger partial charge in [0.25, 0.3) is 0 Å². The lowest BCUT2D eigenvalue weighted by Gasteiger charge is -2.15. The van der Waals surface area contributed by atoms with Gasteiger partial charge in [0.05, 0.1) is 26.5 Å². The van der Waals surface area contributed by atoms with Crippen LogP contribution in [-0.2, 0) is 0 Å². The minimum atomic E-state index is 0.376. The Morgan fingerprint density at radius 3 is 2.21 bits per heavy atom. The van der Waals surface area contributed by atoms with Crippen molar-refractivity contribution >= 4 is 28.7 Å². The van der Waals surface area contributed by atoms with Gasteiger partial charge in [-0.15, -0.1) is 0 Å². The summed E-state index contributed by atoms with van der Waals surface area (Å²) in [6, 6.07) is 13.0. The lowest BCUT2D eigenvalue weighted by molar-refractivity contribution is 0.340. The number of ether oxygens (including phenoxy) is 3. The second kappa shape index (κ2) is 8.81. The number of nitrogens with zero attached hydrogens (tertiary/aromatic N) is 2. The fourth-order valence-corrected chi connectivity index (χ4v) is 2.57. The molecule has 0 bridgehead atoms. The minimum absolute atomic E-state index is 0.376. The van der Waals surface area contributed by atoms with Crippen molar-refractivity contribution in [3.8, 4) is 17.2 Å². The molecule has 4 N–H and O–H groups in total. The first-order chi connectivity index (χ1) is 13.6. The van der Waals surface area contributed by atoms with Crippen molar-refractivity contribution in [3.05, 3.63) is 48.8 Å². The Labute approximate surface area is 163 Å². The third-order valence-corrected chi connectivity index (χ3v) is 3.97. The maximum absolute atomic E-state index is 6.27. The molecule has 1 aromatic heterocycles. The molecule has 0 spiro atoms. The number of rotatable bonds is 8. The van der Waals surface area contributed by atoms with Gasteiger partial charge < -0.3 is 30.6 Å². The van der Waals surface area contributed by atoms with Crippen LogP contribution >= 0.6 is 0 Å². The molecule has 3 rings (SSSR count). The number of hydrogen-bond donors (Lipinski definition) is 3. The summed E-state index contributed by atoms with van der Waals surface area (Å²) in [5, 5.41) is 6.37. The van der Waals surface area contributed by atoms with Gasteiger partial charge in [0, 0.05) is 11.8 Å². The highest BCUT2D eigenvalue weighted by molar-refractivity contribution is 5.81. The molecule has 0 aliphatic carbocycles. The molecule has 0 aliphatic rings. The van der Waals surface area contributed by atoms with Crippen LogP contribution in [0.15, 0.2) is 48.8 Å². The van der Waals surface area contributed by atoms with Crippen LogP contribution in [-0.4, -0.2) is 30.8 Å². The topological polar surface area (TPSA) is 104 Å². The molecule has 0 amide bonds. The molecule has 0 fully saturated rings. The van der Waals surface area contributed by atoms with Gasteiger partial charge in [0.2, 0.25) is 0 Å². The Bertz CT molecular complexity index is 932. The normalized spacial score (nSPS) is 10.2. The standard InChI is InChI=1S/C20H23N5O3/c1-4-28-14-7-5-13(6-8-14)24-19-18(21)20(23-12-22-19)25-16-11-15(26-2)9-10-17(16)27-3/h5-12H,4,21H2,1-3H3,(H2,22,23,24,25). The van der Waals surface area contributed by atoms with Crippen molar-refractivity contribution in [2.45, 2.75) is 6.92 Å². The van der Waals surface area contributed by atoms with Crippen LogP contribution < -0.4 is 30.6 Å². The Morgan fingerprint density at radius 2 is 1.57 bits per heavy atom. The molecule has 0 aliphatic heterocycles. The highest BCUT2D eigenvalue weighted by Gasteiger charge is 2.12. The predicted molar refractivity (Wildman–Crippen MR) is 110 cm³/mol. The van der Waals surface area contributed by atoms with Crippen molar-refractivity contribution in [1.29, 1.82) is 0 Å². The van der Waals surface area contributed by atoms with Crippen LogP contribution in [0.1, 0.15) is 6.92 Å². The lowest BCUT2D eigenvalue weighted by atomic mass is 10.2. The van der Waals surface area contributed by atoms with Gasteiger partial charge in [-0.3, -0.25) is 0 Å². The van der Waals surface area contributed by atoms with Crippen molar-refractivity contribution in [3.63, 3.8) is 0 Å². The molecule has 28 heavy (non-hydrogen) atoms. The molecule has 3 aromatic rings. The van der Waals surface area contributed by atoms with E-state index >= 15 is 0 Å². The second-order valence-corrected chi connectivity index (χ2v) is 5.76. The van der Waals surface area contributed by atoms with Gasteiger partial charge in [-0.25, -0.2) is 9.97 Å². The first-order valence-electron chi connectivity index (χ1n) is 8.74. The highest BCUT2D eigenvalue weighted by Crippen LogP contribution is 2.34.